The molecule has 130 valence electrons. The molecule has 1 N–H and O–H groups in total. The zero-order chi connectivity index (χ0) is 17.3. The van der Waals surface area contributed by atoms with Gasteiger partial charge in [-0.2, -0.15) is 0 Å². The van der Waals surface area contributed by atoms with Crippen molar-refractivity contribution in [3.63, 3.8) is 0 Å². The van der Waals surface area contributed by atoms with Gasteiger partial charge in [0.05, 0.1) is 10.9 Å². The van der Waals surface area contributed by atoms with E-state index in [1.54, 1.807) is 0 Å². The van der Waals surface area contributed by atoms with Gasteiger partial charge in [-0.15, -0.1) is 11.8 Å². The third-order valence-electron chi connectivity index (χ3n) is 4.65. The minimum atomic E-state index is -0.340. The molecule has 2 amide bonds. The number of piperazine rings is 1. The van der Waals surface area contributed by atoms with Gasteiger partial charge in [0.25, 0.3) is 0 Å². The van der Waals surface area contributed by atoms with Gasteiger partial charge in [-0.05, 0) is 32.9 Å². The summed E-state index contributed by atoms with van der Waals surface area (Å²) < 4.78 is 0. The van der Waals surface area contributed by atoms with Crippen LogP contribution in [0.15, 0.2) is 29.2 Å². The minimum absolute atomic E-state index is 0.0691. The summed E-state index contributed by atoms with van der Waals surface area (Å²) in [6, 6.07) is 7.73. The molecule has 6 heteroatoms. The fraction of sp³-hybridized carbons (Fsp3) is 0.556. The molecule has 1 fully saturated rings. The van der Waals surface area contributed by atoms with E-state index in [0.717, 1.165) is 36.8 Å². The Bertz CT molecular complexity index is 633. The predicted molar refractivity (Wildman–Crippen MR) is 97.2 cm³/mol. The van der Waals surface area contributed by atoms with Crippen LogP contribution in [0.5, 0.6) is 0 Å². The van der Waals surface area contributed by atoms with E-state index in [2.05, 4.69) is 31.0 Å². The highest BCUT2D eigenvalue weighted by atomic mass is 32.2. The fourth-order valence-electron chi connectivity index (χ4n) is 3.14. The molecule has 0 spiro atoms. The minimum Gasteiger partial charge on any atom is -0.340 e. The van der Waals surface area contributed by atoms with Gasteiger partial charge in [0.2, 0.25) is 11.8 Å². The van der Waals surface area contributed by atoms with Crippen LogP contribution in [0.4, 0.5) is 5.69 Å². The highest BCUT2D eigenvalue weighted by Gasteiger charge is 2.32. The largest absolute Gasteiger partial charge is 0.340 e. The maximum Gasteiger partial charge on any atom is 0.238 e. The average molecular weight is 347 g/mol. The number of para-hydroxylation sites is 1. The molecule has 1 aromatic rings. The third-order valence-corrected chi connectivity index (χ3v) is 5.92. The molecule has 0 radical (unpaired) electrons. The zero-order valence-corrected chi connectivity index (χ0v) is 15.4. The molecule has 0 aliphatic carbocycles. The summed E-state index contributed by atoms with van der Waals surface area (Å²) in [5.41, 5.74) is 0.979. The summed E-state index contributed by atoms with van der Waals surface area (Å²) in [6.45, 7) is 9.86. The Morgan fingerprint density at radius 1 is 1.21 bits per heavy atom. The fourth-order valence-corrected chi connectivity index (χ4v) is 4.24. The first-order chi connectivity index (χ1) is 11.3. The Hall–Kier alpha value is -1.53. The second-order valence-corrected chi connectivity index (χ2v) is 8.58. The summed E-state index contributed by atoms with van der Waals surface area (Å²) in [5, 5.41) is 2.57. The molecule has 5 nitrogen and oxygen atoms in total. The number of rotatable bonds is 2. The molecule has 24 heavy (non-hydrogen) atoms. The summed E-state index contributed by atoms with van der Waals surface area (Å²) in [5.74, 6) is 0.0102. The Kier molecular flexibility index (Phi) is 4.88. The van der Waals surface area contributed by atoms with Crippen LogP contribution in [0.25, 0.3) is 0 Å². The van der Waals surface area contributed by atoms with Crippen molar-refractivity contribution in [1.82, 2.24) is 9.80 Å². The van der Waals surface area contributed by atoms with Crippen LogP contribution >= 0.6 is 11.8 Å². The third kappa shape index (κ3) is 3.75. The lowest BCUT2D eigenvalue weighted by atomic mass is 10.0. The Morgan fingerprint density at radius 2 is 1.88 bits per heavy atom. The Labute approximate surface area is 147 Å². The standard InChI is InChI=1S/C18H25N3O2S/c1-18(2,3)21-10-8-20(9-11-21)16(22)12-15-17(23)19-13-6-4-5-7-14(13)24-15/h4-7,15H,8-12H2,1-3H3,(H,19,23). The average Bonchev–Trinajstić information content (AvgIpc) is 2.55. The number of carbonyl (C=O) groups excluding carboxylic acids is 2. The van der Waals surface area contributed by atoms with Gasteiger partial charge in [-0.25, -0.2) is 0 Å². The van der Waals surface area contributed by atoms with E-state index >= 15 is 0 Å². The number of benzene rings is 1. The number of thioether (sulfide) groups is 1. The first kappa shape index (κ1) is 17.3. The van der Waals surface area contributed by atoms with E-state index in [-0.39, 0.29) is 29.0 Å². The number of anilines is 1. The quantitative estimate of drug-likeness (QED) is 0.893. The second-order valence-electron chi connectivity index (χ2n) is 7.33. The molecule has 1 saturated heterocycles. The molecule has 1 aromatic carbocycles. The number of carbonyl (C=O) groups is 2. The van der Waals surface area contributed by atoms with E-state index in [9.17, 15) is 9.59 Å². The number of amides is 2. The predicted octanol–water partition coefficient (Wildman–Crippen LogP) is 2.43. The molecule has 0 aromatic heterocycles. The van der Waals surface area contributed by atoms with Crippen LogP contribution in [0.2, 0.25) is 0 Å². The molecule has 2 aliphatic heterocycles. The number of nitrogens with zero attached hydrogens (tertiary/aromatic N) is 2. The van der Waals surface area contributed by atoms with Crippen molar-refractivity contribution < 1.29 is 9.59 Å². The topological polar surface area (TPSA) is 52.6 Å². The van der Waals surface area contributed by atoms with Gasteiger partial charge in [-0.3, -0.25) is 14.5 Å². The van der Waals surface area contributed by atoms with E-state index in [4.69, 9.17) is 0 Å². The van der Waals surface area contributed by atoms with Crippen LogP contribution < -0.4 is 5.32 Å². The van der Waals surface area contributed by atoms with Crippen molar-refractivity contribution in [1.29, 1.82) is 0 Å². The van der Waals surface area contributed by atoms with Crippen molar-refractivity contribution >= 4 is 29.3 Å². The lowest BCUT2D eigenvalue weighted by Gasteiger charge is -2.42. The van der Waals surface area contributed by atoms with Crippen LogP contribution in [0, 0.1) is 0 Å². The van der Waals surface area contributed by atoms with Crippen LogP contribution in [-0.2, 0) is 9.59 Å². The number of hydrogen-bond acceptors (Lipinski definition) is 4. The van der Waals surface area contributed by atoms with Crippen molar-refractivity contribution in [2.45, 2.75) is 42.9 Å². The van der Waals surface area contributed by atoms with Crippen LogP contribution in [0.3, 0.4) is 0 Å². The lowest BCUT2D eigenvalue weighted by molar-refractivity contribution is -0.134. The van der Waals surface area contributed by atoms with Crippen molar-refractivity contribution in [3.05, 3.63) is 24.3 Å². The van der Waals surface area contributed by atoms with Gasteiger partial charge in [0.15, 0.2) is 0 Å². The summed E-state index contributed by atoms with van der Waals surface area (Å²) >= 11 is 1.49. The summed E-state index contributed by atoms with van der Waals surface area (Å²) in [6.07, 6.45) is 0.264. The van der Waals surface area contributed by atoms with Gasteiger partial charge in [-0.1, -0.05) is 12.1 Å². The normalized spacial score (nSPS) is 22.0. The number of nitrogens with one attached hydrogen (secondary N) is 1. The first-order valence-corrected chi connectivity index (χ1v) is 9.32. The molecule has 0 bridgehead atoms. The number of hydrogen-bond donors (Lipinski definition) is 1. The van der Waals surface area contributed by atoms with Crippen LogP contribution in [-0.4, -0.2) is 58.6 Å². The molecule has 1 atom stereocenters. The molecule has 1 unspecified atom stereocenters. The van der Waals surface area contributed by atoms with Gasteiger partial charge >= 0.3 is 0 Å². The smallest absolute Gasteiger partial charge is 0.238 e. The summed E-state index contributed by atoms with van der Waals surface area (Å²) in [4.78, 5) is 30.2. The highest BCUT2D eigenvalue weighted by Crippen LogP contribution is 2.36. The van der Waals surface area contributed by atoms with Gasteiger partial charge in [0.1, 0.15) is 0 Å². The molecule has 3 rings (SSSR count). The molecular formula is C18H25N3O2S. The van der Waals surface area contributed by atoms with Crippen LogP contribution in [0.1, 0.15) is 27.2 Å². The molecule has 2 heterocycles. The van der Waals surface area contributed by atoms with Crippen molar-refractivity contribution in [2.75, 3.05) is 31.5 Å². The van der Waals surface area contributed by atoms with E-state index in [0.29, 0.717) is 0 Å². The van der Waals surface area contributed by atoms with Crippen molar-refractivity contribution in [2.24, 2.45) is 0 Å². The van der Waals surface area contributed by atoms with E-state index in [1.807, 2.05) is 29.2 Å². The van der Waals surface area contributed by atoms with E-state index < -0.39 is 0 Å². The summed E-state index contributed by atoms with van der Waals surface area (Å²) in [7, 11) is 0. The molecular weight excluding hydrogens is 322 g/mol. The maximum absolute atomic E-state index is 12.6. The lowest BCUT2D eigenvalue weighted by Crippen LogP contribution is -2.55. The van der Waals surface area contributed by atoms with E-state index in [1.165, 1.54) is 11.8 Å². The van der Waals surface area contributed by atoms with Crippen molar-refractivity contribution in [3.8, 4) is 0 Å². The van der Waals surface area contributed by atoms with Gasteiger partial charge < -0.3 is 10.2 Å². The Morgan fingerprint density at radius 3 is 2.54 bits per heavy atom. The second kappa shape index (κ2) is 6.76. The molecule has 2 aliphatic rings. The first-order valence-electron chi connectivity index (χ1n) is 8.44. The molecule has 0 saturated carbocycles. The number of fused-ring (bicyclic) bond motifs is 1. The monoisotopic (exact) mass is 347 g/mol. The Balaban J connectivity index is 1.57. The zero-order valence-electron chi connectivity index (χ0n) is 14.5. The maximum atomic E-state index is 12.6. The highest BCUT2D eigenvalue weighted by molar-refractivity contribution is 8.01. The SMILES string of the molecule is CC(C)(C)N1CCN(C(=O)CC2Sc3ccccc3NC2=O)CC1. The van der Waals surface area contributed by atoms with Gasteiger partial charge in [0, 0.05) is 43.0 Å².